The molecule has 0 bridgehead atoms. The molecule has 0 fully saturated rings. The van der Waals surface area contributed by atoms with Crippen molar-refractivity contribution in [2.75, 3.05) is 0 Å². The molecule has 0 aliphatic heterocycles. The molecule has 2 heteroatoms. The first-order valence-corrected chi connectivity index (χ1v) is 8.39. The predicted octanol–water partition coefficient (Wildman–Crippen LogP) is 5.04. The summed E-state index contributed by atoms with van der Waals surface area (Å²) in [6.07, 6.45) is 3.24. The average Bonchev–Trinajstić information content (AvgIpc) is 2.62. The molecular weight excluding hydrogens is 308 g/mol. The van der Waals surface area contributed by atoms with E-state index >= 15 is 0 Å². The Hall–Kier alpha value is -2.63. The zero-order chi connectivity index (χ0) is 18.1. The molecule has 2 rings (SSSR count). The lowest BCUT2D eigenvalue weighted by molar-refractivity contribution is 0.00364. The van der Waals surface area contributed by atoms with Gasteiger partial charge in [-0.15, -0.1) is 6.58 Å². The van der Waals surface area contributed by atoms with Gasteiger partial charge in [-0.2, -0.15) is 0 Å². The monoisotopic (exact) mass is 332 g/mol. The van der Waals surface area contributed by atoms with E-state index in [0.717, 1.165) is 23.8 Å². The molecule has 0 aliphatic rings. The van der Waals surface area contributed by atoms with Crippen LogP contribution in [0.1, 0.15) is 41.8 Å². The molecule has 0 aliphatic carbocycles. The third kappa shape index (κ3) is 5.45. The number of ether oxygens (including phenoxy) is 1. The summed E-state index contributed by atoms with van der Waals surface area (Å²) in [5, 5.41) is 0. The van der Waals surface area contributed by atoms with Crippen LogP contribution in [-0.2, 0) is 11.3 Å². The van der Waals surface area contributed by atoms with Gasteiger partial charge in [-0.3, -0.25) is 4.79 Å². The molecular formula is C23H24O2. The van der Waals surface area contributed by atoms with Gasteiger partial charge in [-0.05, 0) is 18.1 Å². The maximum absolute atomic E-state index is 11.2. The average molecular weight is 332 g/mol. The molecule has 128 valence electrons. The quantitative estimate of drug-likeness (QED) is 0.403. The third-order valence-corrected chi connectivity index (χ3v) is 4.07. The smallest absolute Gasteiger partial charge is 0.151 e. The largest absolute Gasteiger partial charge is 0.360 e. The van der Waals surface area contributed by atoms with Crippen LogP contribution in [0.2, 0.25) is 0 Å². The molecule has 0 saturated heterocycles. The standard InChI is InChI=1S/C23H24O2/c1-4-16-23(2,3)22(25-18-19-10-6-5-7-11-19)15-14-20-12-8-9-13-21(20)17-24/h4-13,17,22H,1,16,18H2,2-3H3. The van der Waals surface area contributed by atoms with Crippen LogP contribution in [0.25, 0.3) is 0 Å². The number of benzene rings is 2. The van der Waals surface area contributed by atoms with E-state index in [0.29, 0.717) is 12.2 Å². The summed E-state index contributed by atoms with van der Waals surface area (Å²) >= 11 is 0. The summed E-state index contributed by atoms with van der Waals surface area (Å²) in [5.41, 5.74) is 2.25. The van der Waals surface area contributed by atoms with E-state index in [2.05, 4.69) is 32.3 Å². The van der Waals surface area contributed by atoms with Gasteiger partial charge in [0.2, 0.25) is 0 Å². The maximum atomic E-state index is 11.2. The summed E-state index contributed by atoms with van der Waals surface area (Å²) in [6.45, 7) is 8.57. The van der Waals surface area contributed by atoms with Crippen molar-refractivity contribution in [1.29, 1.82) is 0 Å². The second-order valence-corrected chi connectivity index (χ2v) is 6.63. The highest BCUT2D eigenvalue weighted by Gasteiger charge is 2.27. The Morgan fingerprint density at radius 3 is 2.48 bits per heavy atom. The molecule has 0 saturated carbocycles. The zero-order valence-corrected chi connectivity index (χ0v) is 14.9. The molecule has 0 N–H and O–H groups in total. The minimum absolute atomic E-state index is 0.181. The summed E-state index contributed by atoms with van der Waals surface area (Å²) in [5.74, 6) is 6.35. The van der Waals surface area contributed by atoms with Gasteiger partial charge in [0.15, 0.2) is 6.29 Å². The Morgan fingerprint density at radius 2 is 1.80 bits per heavy atom. The van der Waals surface area contributed by atoms with Crippen molar-refractivity contribution < 1.29 is 9.53 Å². The van der Waals surface area contributed by atoms with E-state index in [9.17, 15) is 4.79 Å². The molecule has 0 amide bonds. The zero-order valence-electron chi connectivity index (χ0n) is 14.9. The molecule has 1 unspecified atom stereocenters. The van der Waals surface area contributed by atoms with Gasteiger partial charge in [0.25, 0.3) is 0 Å². The summed E-state index contributed by atoms with van der Waals surface area (Å²) in [6, 6.07) is 17.4. The molecule has 0 radical (unpaired) electrons. The first kappa shape index (κ1) is 18.7. The minimum atomic E-state index is -0.273. The normalized spacial score (nSPS) is 11.9. The second-order valence-electron chi connectivity index (χ2n) is 6.63. The number of rotatable bonds is 7. The Morgan fingerprint density at radius 1 is 1.12 bits per heavy atom. The van der Waals surface area contributed by atoms with Gasteiger partial charge in [-0.25, -0.2) is 0 Å². The summed E-state index contributed by atoms with van der Waals surface area (Å²) in [7, 11) is 0. The topological polar surface area (TPSA) is 26.3 Å². The van der Waals surface area contributed by atoms with Gasteiger partial charge < -0.3 is 4.74 Å². The van der Waals surface area contributed by atoms with E-state index in [1.165, 1.54) is 0 Å². The van der Waals surface area contributed by atoms with E-state index in [4.69, 9.17) is 4.74 Å². The molecule has 1 atom stereocenters. The van der Waals surface area contributed by atoms with E-state index < -0.39 is 0 Å². The molecule has 0 spiro atoms. The van der Waals surface area contributed by atoms with Crippen LogP contribution in [0.5, 0.6) is 0 Å². The highest BCUT2D eigenvalue weighted by Crippen LogP contribution is 2.28. The second kappa shape index (κ2) is 9.01. The van der Waals surface area contributed by atoms with Gasteiger partial charge in [0.1, 0.15) is 6.10 Å². The van der Waals surface area contributed by atoms with E-state index in [1.807, 2.05) is 54.6 Å². The van der Waals surface area contributed by atoms with Crippen molar-refractivity contribution in [2.24, 2.45) is 5.41 Å². The molecule has 0 aromatic heterocycles. The lowest BCUT2D eigenvalue weighted by Gasteiger charge is -2.29. The Balaban J connectivity index is 2.24. The van der Waals surface area contributed by atoms with Crippen molar-refractivity contribution >= 4 is 6.29 Å². The fourth-order valence-corrected chi connectivity index (χ4v) is 2.55. The Kier molecular flexibility index (Phi) is 6.74. The van der Waals surface area contributed by atoms with Crippen LogP contribution in [0.4, 0.5) is 0 Å². The number of aldehydes is 1. The van der Waals surface area contributed by atoms with Crippen LogP contribution in [0.15, 0.2) is 67.3 Å². The fourth-order valence-electron chi connectivity index (χ4n) is 2.55. The first-order chi connectivity index (χ1) is 12.1. The molecule has 2 nitrogen and oxygen atoms in total. The number of carbonyl (C=O) groups excluding carboxylic acids is 1. The highest BCUT2D eigenvalue weighted by molar-refractivity contribution is 5.79. The third-order valence-electron chi connectivity index (χ3n) is 4.07. The van der Waals surface area contributed by atoms with Gasteiger partial charge >= 0.3 is 0 Å². The molecule has 25 heavy (non-hydrogen) atoms. The lowest BCUT2D eigenvalue weighted by atomic mass is 9.83. The number of carbonyl (C=O) groups is 1. The van der Waals surface area contributed by atoms with Crippen LogP contribution in [-0.4, -0.2) is 12.4 Å². The lowest BCUT2D eigenvalue weighted by Crippen LogP contribution is -2.30. The molecule has 2 aromatic carbocycles. The number of hydrogen-bond donors (Lipinski definition) is 0. The van der Waals surface area contributed by atoms with Crippen LogP contribution < -0.4 is 0 Å². The van der Waals surface area contributed by atoms with E-state index in [1.54, 1.807) is 6.07 Å². The Bertz CT molecular complexity index is 763. The SMILES string of the molecule is C=CCC(C)(C)C(C#Cc1ccccc1C=O)OCc1ccccc1. The van der Waals surface area contributed by atoms with Crippen molar-refractivity contribution in [2.45, 2.75) is 33.0 Å². The van der Waals surface area contributed by atoms with Gasteiger partial charge in [0.05, 0.1) is 6.61 Å². The summed E-state index contributed by atoms with van der Waals surface area (Å²) in [4.78, 5) is 11.2. The maximum Gasteiger partial charge on any atom is 0.151 e. The van der Waals surface area contributed by atoms with Crippen molar-refractivity contribution in [3.63, 3.8) is 0 Å². The first-order valence-electron chi connectivity index (χ1n) is 8.39. The summed E-state index contributed by atoms with van der Waals surface area (Å²) < 4.78 is 6.13. The number of hydrogen-bond acceptors (Lipinski definition) is 2. The van der Waals surface area contributed by atoms with Crippen molar-refractivity contribution in [3.8, 4) is 11.8 Å². The minimum Gasteiger partial charge on any atom is -0.360 e. The van der Waals surface area contributed by atoms with Crippen molar-refractivity contribution in [3.05, 3.63) is 83.9 Å². The molecule has 0 heterocycles. The van der Waals surface area contributed by atoms with Crippen LogP contribution in [0.3, 0.4) is 0 Å². The fraction of sp³-hybridized carbons (Fsp3) is 0.261. The van der Waals surface area contributed by atoms with Gasteiger partial charge in [0, 0.05) is 16.5 Å². The Labute approximate surface area is 150 Å². The van der Waals surface area contributed by atoms with Gasteiger partial charge in [-0.1, -0.05) is 80.3 Å². The van der Waals surface area contributed by atoms with Crippen molar-refractivity contribution in [1.82, 2.24) is 0 Å². The number of allylic oxidation sites excluding steroid dienone is 1. The van der Waals surface area contributed by atoms with E-state index in [-0.39, 0.29) is 11.5 Å². The predicted molar refractivity (Wildman–Crippen MR) is 102 cm³/mol. The highest BCUT2D eigenvalue weighted by atomic mass is 16.5. The van der Waals surface area contributed by atoms with Crippen LogP contribution >= 0.6 is 0 Å². The van der Waals surface area contributed by atoms with Crippen LogP contribution in [0, 0.1) is 17.3 Å². The molecule has 2 aromatic rings.